The monoisotopic (exact) mass is 319 g/mol. The third-order valence-corrected chi connectivity index (χ3v) is 12.8. The van der Waals surface area contributed by atoms with Crippen LogP contribution in [0.3, 0.4) is 0 Å². The molecule has 0 N–H and O–H groups in total. The van der Waals surface area contributed by atoms with Crippen molar-refractivity contribution >= 4 is 17.5 Å². The van der Waals surface area contributed by atoms with Crippen LogP contribution < -0.4 is 0 Å². The maximum absolute atomic E-state index is 5.73. The quantitative estimate of drug-likeness (QED) is 0.378. The van der Waals surface area contributed by atoms with Crippen molar-refractivity contribution in [2.75, 3.05) is 26.8 Å². The van der Waals surface area contributed by atoms with Gasteiger partial charge in [0, 0.05) is 13.2 Å². The van der Waals surface area contributed by atoms with E-state index in [1.54, 1.807) is 0 Å². The molecule has 0 bridgehead atoms. The molecule has 0 spiro atoms. The minimum atomic E-state index is -1.37. The van der Waals surface area contributed by atoms with Crippen molar-refractivity contribution in [1.82, 2.24) is 4.57 Å². The van der Waals surface area contributed by atoms with Crippen LogP contribution in [0, 0.1) is 0 Å². The van der Waals surface area contributed by atoms with Gasteiger partial charge in [0.1, 0.15) is 8.24 Å². The van der Waals surface area contributed by atoms with Crippen molar-refractivity contribution in [1.29, 1.82) is 0 Å². The molecule has 0 aliphatic rings. The normalized spacial score (nSPS) is 12.6. The number of hydrogen-bond acceptors (Lipinski definition) is 3. The number of rotatable bonds is 13. The van der Waals surface area contributed by atoms with Crippen LogP contribution in [0.2, 0.25) is 24.2 Å². The highest BCUT2D eigenvalue weighted by atomic mass is 28.3. The second-order valence-corrected chi connectivity index (χ2v) is 13.0. The second-order valence-electron chi connectivity index (χ2n) is 5.54. The van der Waals surface area contributed by atoms with E-state index in [-0.39, 0.29) is 0 Å². The maximum atomic E-state index is 5.73. The zero-order chi connectivity index (χ0) is 15.4. The van der Waals surface area contributed by atoms with E-state index in [0.717, 1.165) is 19.3 Å². The molecule has 122 valence electrons. The topological polar surface area (TPSA) is 21.7 Å². The third kappa shape index (κ3) is 6.85. The smallest absolute Gasteiger partial charge is 0.321 e. The van der Waals surface area contributed by atoms with Gasteiger partial charge in [-0.05, 0) is 58.0 Å². The molecule has 0 radical (unpaired) electrons. The van der Waals surface area contributed by atoms with Gasteiger partial charge in [0.2, 0.25) is 0 Å². The first-order chi connectivity index (χ1) is 9.60. The number of unbranched alkanes of at least 4 members (excludes halogenated alkanes) is 1. The summed E-state index contributed by atoms with van der Waals surface area (Å²) in [7, 11) is -0.164. The summed E-state index contributed by atoms with van der Waals surface area (Å²) in [5.41, 5.74) is 0. The Morgan fingerprint density at radius 3 is 1.75 bits per heavy atom. The molecule has 0 aliphatic heterocycles. The highest BCUT2D eigenvalue weighted by molar-refractivity contribution is 6.76. The van der Waals surface area contributed by atoms with E-state index in [1.807, 2.05) is 0 Å². The fourth-order valence-corrected chi connectivity index (χ4v) is 8.59. The number of hydrogen-bond donors (Lipinski definition) is 0. The maximum Gasteiger partial charge on any atom is 0.321 e. The molecule has 0 amide bonds. The molecule has 20 heavy (non-hydrogen) atoms. The Labute approximate surface area is 130 Å². The van der Waals surface area contributed by atoms with Crippen LogP contribution in [-0.2, 0) is 8.85 Å². The lowest BCUT2D eigenvalue weighted by Gasteiger charge is -2.38. The van der Waals surface area contributed by atoms with Gasteiger partial charge in [-0.15, -0.1) is 0 Å². The lowest BCUT2D eigenvalue weighted by atomic mass is 10.3. The molecule has 5 heteroatoms. The molecule has 0 aromatic heterocycles. The van der Waals surface area contributed by atoms with Crippen molar-refractivity contribution < 1.29 is 8.85 Å². The molecular weight excluding hydrogens is 282 g/mol. The van der Waals surface area contributed by atoms with Crippen molar-refractivity contribution in [3.8, 4) is 0 Å². The molecule has 0 unspecified atom stereocenters. The van der Waals surface area contributed by atoms with Crippen LogP contribution in [-0.4, -0.2) is 48.9 Å². The van der Waals surface area contributed by atoms with Gasteiger partial charge in [0.25, 0.3) is 0 Å². The fourth-order valence-electron chi connectivity index (χ4n) is 3.04. The molecule has 0 aromatic carbocycles. The molecule has 3 nitrogen and oxygen atoms in total. The summed E-state index contributed by atoms with van der Waals surface area (Å²) in [5.74, 6) is 0. The Morgan fingerprint density at radius 2 is 1.35 bits per heavy atom. The molecule has 0 rings (SSSR count). The predicted molar refractivity (Wildman–Crippen MR) is 94.3 cm³/mol. The van der Waals surface area contributed by atoms with Gasteiger partial charge in [-0.2, -0.15) is 0 Å². The summed E-state index contributed by atoms with van der Waals surface area (Å²) in [4.78, 5) is 0. The van der Waals surface area contributed by atoms with E-state index >= 15 is 0 Å². The summed E-state index contributed by atoms with van der Waals surface area (Å²) in [6.45, 7) is 14.1. The third-order valence-electron chi connectivity index (χ3n) is 4.67. The van der Waals surface area contributed by atoms with Crippen molar-refractivity contribution in [2.24, 2.45) is 0 Å². The van der Waals surface area contributed by atoms with Crippen LogP contribution in [0.5, 0.6) is 0 Å². The van der Waals surface area contributed by atoms with Gasteiger partial charge in [0.05, 0.1) is 0 Å². The van der Waals surface area contributed by atoms with Crippen LogP contribution in [0.25, 0.3) is 0 Å². The first-order valence-corrected chi connectivity index (χ1v) is 12.9. The van der Waals surface area contributed by atoms with E-state index < -0.39 is 17.5 Å². The Balaban J connectivity index is 4.03. The highest BCUT2D eigenvalue weighted by Gasteiger charge is 2.31. The Kier molecular flexibility index (Phi) is 12.1. The molecule has 0 atom stereocenters. The van der Waals surface area contributed by atoms with E-state index in [0.29, 0.717) is 0 Å². The Bertz CT molecular complexity index is 212. The zero-order valence-corrected chi connectivity index (χ0v) is 16.9. The fraction of sp³-hybridized carbons (Fsp3) is 1.00. The Morgan fingerprint density at radius 1 is 0.850 bits per heavy atom. The molecule has 0 heterocycles. The van der Waals surface area contributed by atoms with Gasteiger partial charge < -0.3 is 13.4 Å². The standard InChI is InChI=1S/C15H37NO2Si2/c1-7-17-19(18-8-2)15-13-12-14-16(6)20(9-3,10-4)11-5/h19H,7-15H2,1-6H3. The average Bonchev–Trinajstić information content (AvgIpc) is 2.46. The van der Waals surface area contributed by atoms with Gasteiger partial charge in [0.15, 0.2) is 0 Å². The van der Waals surface area contributed by atoms with E-state index in [9.17, 15) is 0 Å². The van der Waals surface area contributed by atoms with Gasteiger partial charge in [-0.1, -0.05) is 27.2 Å². The Hall–Kier alpha value is 0.314. The largest absolute Gasteiger partial charge is 0.397 e. The molecule has 0 aliphatic carbocycles. The summed E-state index contributed by atoms with van der Waals surface area (Å²) >= 11 is 0. The summed E-state index contributed by atoms with van der Waals surface area (Å²) in [5, 5.41) is 0. The molecule has 0 saturated carbocycles. The highest BCUT2D eigenvalue weighted by Crippen LogP contribution is 2.24. The second kappa shape index (κ2) is 11.9. The van der Waals surface area contributed by atoms with E-state index in [2.05, 4.69) is 46.2 Å². The van der Waals surface area contributed by atoms with Gasteiger partial charge in [-0.3, -0.25) is 0 Å². The van der Waals surface area contributed by atoms with Crippen LogP contribution >= 0.6 is 0 Å². The molecule has 0 saturated heterocycles. The summed E-state index contributed by atoms with van der Waals surface area (Å²) in [6.07, 6.45) is 2.54. The summed E-state index contributed by atoms with van der Waals surface area (Å²) in [6, 6.07) is 5.30. The lowest BCUT2D eigenvalue weighted by molar-refractivity contribution is 0.212. The van der Waals surface area contributed by atoms with Crippen LogP contribution in [0.1, 0.15) is 47.5 Å². The van der Waals surface area contributed by atoms with E-state index in [4.69, 9.17) is 8.85 Å². The zero-order valence-electron chi connectivity index (χ0n) is 14.7. The van der Waals surface area contributed by atoms with Crippen LogP contribution in [0.15, 0.2) is 0 Å². The molecule has 0 fully saturated rings. The van der Waals surface area contributed by atoms with Gasteiger partial charge >= 0.3 is 9.28 Å². The van der Waals surface area contributed by atoms with E-state index in [1.165, 1.54) is 37.5 Å². The SMILES string of the molecule is CCO[SiH](CCCCN(C)[Si](CC)(CC)CC)OCC. The van der Waals surface area contributed by atoms with Gasteiger partial charge in [-0.25, -0.2) is 0 Å². The van der Waals surface area contributed by atoms with Crippen molar-refractivity contribution in [3.63, 3.8) is 0 Å². The molecular formula is C15H37NO2Si2. The first-order valence-electron chi connectivity index (χ1n) is 8.54. The number of nitrogens with zero attached hydrogens (tertiary/aromatic N) is 1. The first kappa shape index (κ1) is 20.3. The predicted octanol–water partition coefficient (Wildman–Crippen LogP) is 4.00. The minimum Gasteiger partial charge on any atom is -0.397 e. The lowest BCUT2D eigenvalue weighted by Crippen LogP contribution is -2.50. The van der Waals surface area contributed by atoms with Crippen molar-refractivity contribution in [2.45, 2.75) is 71.6 Å². The molecule has 0 aromatic rings. The summed E-state index contributed by atoms with van der Waals surface area (Å²) < 4.78 is 14.2. The van der Waals surface area contributed by atoms with Crippen LogP contribution in [0.4, 0.5) is 0 Å². The average molecular weight is 320 g/mol. The van der Waals surface area contributed by atoms with Crippen molar-refractivity contribution in [3.05, 3.63) is 0 Å². The minimum absolute atomic E-state index is 0.800.